The zero-order valence-corrected chi connectivity index (χ0v) is 13.3. The first-order chi connectivity index (χ1) is 10.8. The van der Waals surface area contributed by atoms with Crippen molar-refractivity contribution in [2.45, 2.75) is 13.8 Å². The topological polar surface area (TPSA) is 116 Å². The van der Waals surface area contributed by atoms with Crippen LogP contribution in [-0.2, 0) is 4.74 Å². The van der Waals surface area contributed by atoms with E-state index in [1.807, 2.05) is 19.9 Å². The van der Waals surface area contributed by atoms with E-state index in [0.717, 1.165) is 11.1 Å². The quantitative estimate of drug-likeness (QED) is 0.579. The molecule has 5 N–H and O–H groups in total. The number of carboxylic acid groups (broad SMARTS) is 1. The number of carbonyl (C=O) groups excluding carboxylic acids is 1. The molecule has 0 saturated carbocycles. The molecule has 6 heteroatoms. The molecule has 0 fully saturated rings. The molecule has 6 nitrogen and oxygen atoms in total. The van der Waals surface area contributed by atoms with Crippen LogP contribution < -0.4 is 11.5 Å². The molecule has 0 aliphatic heterocycles. The average Bonchev–Trinajstić information content (AvgIpc) is 2.46. The van der Waals surface area contributed by atoms with Crippen LogP contribution in [0.1, 0.15) is 31.8 Å². The molecule has 0 aliphatic carbocycles. The summed E-state index contributed by atoms with van der Waals surface area (Å²) in [6.45, 7) is 3.78. The molecule has 2 aromatic rings. The lowest BCUT2D eigenvalue weighted by Crippen LogP contribution is -2.05. The summed E-state index contributed by atoms with van der Waals surface area (Å²) in [5, 5.41) is 8.58. The molecule has 0 atom stereocenters. The van der Waals surface area contributed by atoms with Crippen molar-refractivity contribution in [3.63, 3.8) is 0 Å². The largest absolute Gasteiger partial charge is 0.478 e. The van der Waals surface area contributed by atoms with Crippen LogP contribution in [0, 0.1) is 13.8 Å². The van der Waals surface area contributed by atoms with Gasteiger partial charge in [0.1, 0.15) is 0 Å². The Morgan fingerprint density at radius 3 is 1.70 bits per heavy atom. The fourth-order valence-corrected chi connectivity index (χ4v) is 1.85. The van der Waals surface area contributed by atoms with E-state index < -0.39 is 11.9 Å². The lowest BCUT2D eigenvalue weighted by atomic mass is 10.1. The SMILES string of the molecule is COC(=O)c1ccc(C)cc1N.Cc1ccc(C(=O)O)c(N)c1. The first-order valence-electron chi connectivity index (χ1n) is 6.80. The summed E-state index contributed by atoms with van der Waals surface area (Å²) in [5.41, 5.74) is 14.4. The third-order valence-electron chi connectivity index (χ3n) is 3.05. The van der Waals surface area contributed by atoms with E-state index in [0.29, 0.717) is 16.9 Å². The van der Waals surface area contributed by atoms with Crippen molar-refractivity contribution in [3.8, 4) is 0 Å². The summed E-state index contributed by atoms with van der Waals surface area (Å²) in [4.78, 5) is 21.5. The molecule has 0 aromatic heterocycles. The van der Waals surface area contributed by atoms with Gasteiger partial charge in [-0.25, -0.2) is 9.59 Å². The number of aryl methyl sites for hydroxylation is 2. The minimum Gasteiger partial charge on any atom is -0.478 e. The van der Waals surface area contributed by atoms with E-state index in [4.69, 9.17) is 16.6 Å². The number of aromatic carboxylic acids is 1. The second kappa shape index (κ2) is 7.84. The second-order valence-electron chi connectivity index (χ2n) is 4.98. The number of rotatable bonds is 2. The molecule has 0 unspecified atom stereocenters. The Morgan fingerprint density at radius 2 is 1.35 bits per heavy atom. The number of anilines is 2. The Balaban J connectivity index is 0.000000231. The van der Waals surface area contributed by atoms with Crippen molar-refractivity contribution in [1.29, 1.82) is 0 Å². The molecular formula is C17H20N2O4. The normalized spacial score (nSPS) is 9.52. The minimum atomic E-state index is -0.984. The van der Waals surface area contributed by atoms with Crippen molar-refractivity contribution in [1.82, 2.24) is 0 Å². The molecule has 0 spiro atoms. The highest BCUT2D eigenvalue weighted by Crippen LogP contribution is 2.14. The first-order valence-corrected chi connectivity index (χ1v) is 6.80. The zero-order valence-electron chi connectivity index (χ0n) is 13.3. The Kier molecular flexibility index (Phi) is 6.14. The van der Waals surface area contributed by atoms with E-state index in [-0.39, 0.29) is 5.56 Å². The van der Waals surface area contributed by atoms with Gasteiger partial charge in [0.15, 0.2) is 0 Å². The second-order valence-corrected chi connectivity index (χ2v) is 4.98. The van der Waals surface area contributed by atoms with Crippen LogP contribution in [0.4, 0.5) is 11.4 Å². The number of nitrogen functional groups attached to an aromatic ring is 2. The fraction of sp³-hybridized carbons (Fsp3) is 0.176. The number of benzene rings is 2. The number of methoxy groups -OCH3 is 1. The predicted molar refractivity (Wildman–Crippen MR) is 89.5 cm³/mol. The summed E-state index contributed by atoms with van der Waals surface area (Å²) in [6.07, 6.45) is 0. The van der Waals surface area contributed by atoms with Gasteiger partial charge in [0.2, 0.25) is 0 Å². The highest BCUT2D eigenvalue weighted by Gasteiger charge is 2.08. The number of ether oxygens (including phenoxy) is 1. The molecule has 23 heavy (non-hydrogen) atoms. The number of nitrogens with two attached hydrogens (primary N) is 2. The van der Waals surface area contributed by atoms with Crippen LogP contribution in [0.2, 0.25) is 0 Å². The molecule has 0 aliphatic rings. The van der Waals surface area contributed by atoms with E-state index in [9.17, 15) is 9.59 Å². The number of esters is 1. The van der Waals surface area contributed by atoms with Crippen molar-refractivity contribution in [2.24, 2.45) is 0 Å². The summed E-state index contributed by atoms with van der Waals surface area (Å²) >= 11 is 0. The number of carbonyl (C=O) groups is 2. The van der Waals surface area contributed by atoms with Gasteiger partial charge in [0.05, 0.1) is 18.2 Å². The van der Waals surface area contributed by atoms with Crippen molar-refractivity contribution >= 4 is 23.3 Å². The number of hydrogen-bond acceptors (Lipinski definition) is 5. The standard InChI is InChI=1S/C9H11NO2.C8H9NO2/c1-6-3-4-7(8(10)5-6)9(11)12-2;1-5-2-3-6(8(10)11)7(9)4-5/h3-5H,10H2,1-2H3;2-4H,9H2,1H3,(H,10,11). The highest BCUT2D eigenvalue weighted by atomic mass is 16.5. The maximum Gasteiger partial charge on any atom is 0.339 e. The third kappa shape index (κ3) is 5.03. The van der Waals surface area contributed by atoms with Crippen LogP contribution in [0.25, 0.3) is 0 Å². The van der Waals surface area contributed by atoms with Crippen molar-refractivity contribution in [3.05, 3.63) is 58.7 Å². The van der Waals surface area contributed by atoms with Gasteiger partial charge in [-0.15, -0.1) is 0 Å². The predicted octanol–water partition coefficient (Wildman–Crippen LogP) is 2.64. The molecule has 0 radical (unpaired) electrons. The zero-order chi connectivity index (χ0) is 17.6. The Bertz CT molecular complexity index is 727. The smallest absolute Gasteiger partial charge is 0.339 e. The molecule has 2 rings (SSSR count). The monoisotopic (exact) mass is 316 g/mol. The maximum atomic E-state index is 11.0. The van der Waals surface area contributed by atoms with E-state index in [1.54, 1.807) is 24.3 Å². The van der Waals surface area contributed by atoms with Crippen molar-refractivity contribution < 1.29 is 19.4 Å². The van der Waals surface area contributed by atoms with E-state index in [1.165, 1.54) is 13.2 Å². The van der Waals surface area contributed by atoms with Crippen LogP contribution >= 0.6 is 0 Å². The van der Waals surface area contributed by atoms with E-state index in [2.05, 4.69) is 4.74 Å². The minimum absolute atomic E-state index is 0.163. The molecule has 0 bridgehead atoms. The highest BCUT2D eigenvalue weighted by molar-refractivity contribution is 5.95. The van der Waals surface area contributed by atoms with Gasteiger partial charge in [-0.05, 0) is 49.2 Å². The van der Waals surface area contributed by atoms with Gasteiger partial charge < -0.3 is 21.3 Å². The van der Waals surface area contributed by atoms with Gasteiger partial charge in [-0.1, -0.05) is 12.1 Å². The summed E-state index contributed by atoms with van der Waals surface area (Å²) < 4.78 is 4.54. The number of carboxylic acids is 1. The molecule has 2 aromatic carbocycles. The average molecular weight is 316 g/mol. The van der Waals surface area contributed by atoms with Gasteiger partial charge >= 0.3 is 11.9 Å². The molecule has 0 amide bonds. The molecule has 0 heterocycles. The summed E-state index contributed by atoms with van der Waals surface area (Å²) in [7, 11) is 1.33. The van der Waals surface area contributed by atoms with Gasteiger partial charge in [-0.2, -0.15) is 0 Å². The Labute approximate surface area is 134 Å². The Hall–Kier alpha value is -3.02. The van der Waals surface area contributed by atoms with Crippen LogP contribution in [0.5, 0.6) is 0 Å². The molecular weight excluding hydrogens is 296 g/mol. The Morgan fingerprint density at radius 1 is 0.913 bits per heavy atom. The van der Waals surface area contributed by atoms with Crippen LogP contribution in [0.3, 0.4) is 0 Å². The summed E-state index contributed by atoms with van der Waals surface area (Å²) in [5.74, 6) is -1.38. The lowest BCUT2D eigenvalue weighted by molar-refractivity contribution is 0.0601. The van der Waals surface area contributed by atoms with Gasteiger partial charge in [0, 0.05) is 11.4 Å². The number of hydrogen-bond donors (Lipinski definition) is 3. The van der Waals surface area contributed by atoms with Gasteiger partial charge in [-0.3, -0.25) is 0 Å². The van der Waals surface area contributed by atoms with Crippen molar-refractivity contribution in [2.75, 3.05) is 18.6 Å². The molecule has 0 saturated heterocycles. The lowest BCUT2D eigenvalue weighted by Gasteiger charge is -2.03. The van der Waals surface area contributed by atoms with E-state index >= 15 is 0 Å². The van der Waals surface area contributed by atoms with Crippen LogP contribution in [-0.4, -0.2) is 24.2 Å². The van der Waals surface area contributed by atoms with Gasteiger partial charge in [0.25, 0.3) is 0 Å². The molecule has 122 valence electrons. The van der Waals surface area contributed by atoms with Crippen LogP contribution in [0.15, 0.2) is 36.4 Å². The first kappa shape index (κ1) is 18.0. The fourth-order valence-electron chi connectivity index (χ4n) is 1.85. The summed E-state index contributed by atoms with van der Waals surface area (Å²) in [6, 6.07) is 10.1. The maximum absolute atomic E-state index is 11.0. The third-order valence-corrected chi connectivity index (χ3v) is 3.05.